The van der Waals surface area contributed by atoms with Gasteiger partial charge in [-0.2, -0.15) is 13.2 Å². The van der Waals surface area contributed by atoms with Gasteiger partial charge in [0.1, 0.15) is 6.61 Å². The highest BCUT2D eigenvalue weighted by Crippen LogP contribution is 2.22. The predicted molar refractivity (Wildman–Crippen MR) is 82.3 cm³/mol. The first-order chi connectivity index (χ1) is 11.9. The van der Waals surface area contributed by atoms with Crippen molar-refractivity contribution in [3.63, 3.8) is 0 Å². The Morgan fingerprint density at radius 1 is 1.32 bits per heavy atom. The van der Waals surface area contributed by atoms with Crippen molar-refractivity contribution in [2.45, 2.75) is 25.1 Å². The van der Waals surface area contributed by atoms with Crippen molar-refractivity contribution >= 4 is 5.91 Å². The monoisotopic (exact) mass is 354 g/mol. The van der Waals surface area contributed by atoms with Gasteiger partial charge in [-0.05, 0) is 25.0 Å². The average molecular weight is 354 g/mol. The number of nitrogens with zero attached hydrogens (tertiary/aromatic N) is 4. The molecule has 0 N–H and O–H groups in total. The van der Waals surface area contributed by atoms with Gasteiger partial charge >= 0.3 is 6.18 Å². The van der Waals surface area contributed by atoms with Crippen LogP contribution in [0.3, 0.4) is 0 Å². The molecule has 1 aliphatic rings. The van der Waals surface area contributed by atoms with Gasteiger partial charge in [-0.1, -0.05) is 17.3 Å². The van der Waals surface area contributed by atoms with E-state index in [4.69, 9.17) is 4.74 Å². The van der Waals surface area contributed by atoms with Gasteiger partial charge in [-0.15, -0.1) is 5.10 Å². The second kappa shape index (κ2) is 7.22. The van der Waals surface area contributed by atoms with Crippen molar-refractivity contribution in [2.24, 2.45) is 0 Å². The van der Waals surface area contributed by atoms with E-state index in [2.05, 4.69) is 10.3 Å². The summed E-state index contributed by atoms with van der Waals surface area (Å²) < 4.78 is 43.4. The van der Waals surface area contributed by atoms with Crippen molar-refractivity contribution in [3.8, 4) is 5.69 Å². The Labute approximate surface area is 142 Å². The topological polar surface area (TPSA) is 60.2 Å². The number of rotatable bonds is 4. The zero-order chi connectivity index (χ0) is 17.9. The first-order valence-corrected chi connectivity index (χ1v) is 7.87. The molecule has 1 aromatic heterocycles. The maximum absolute atomic E-state index is 12.8. The smallest absolute Gasteiger partial charge is 0.367 e. The number of aromatic nitrogens is 3. The summed E-state index contributed by atoms with van der Waals surface area (Å²) >= 11 is 0. The zero-order valence-corrected chi connectivity index (χ0v) is 13.3. The Balaban J connectivity index is 1.73. The molecule has 1 saturated heterocycles. The van der Waals surface area contributed by atoms with Gasteiger partial charge in [0, 0.05) is 13.1 Å². The summed E-state index contributed by atoms with van der Waals surface area (Å²) in [5.41, 5.74) is 0.993. The molecular weight excluding hydrogens is 337 g/mol. The maximum Gasteiger partial charge on any atom is 0.411 e. The average Bonchev–Trinajstić information content (AvgIpc) is 3.13. The van der Waals surface area contributed by atoms with Crippen LogP contribution in [0.5, 0.6) is 0 Å². The fourth-order valence-electron chi connectivity index (χ4n) is 2.83. The summed E-state index contributed by atoms with van der Waals surface area (Å²) in [4.78, 5) is 14.4. The van der Waals surface area contributed by atoms with Crippen LogP contribution in [0.4, 0.5) is 13.2 Å². The highest BCUT2D eigenvalue weighted by atomic mass is 19.4. The molecule has 1 atom stereocenters. The molecule has 0 spiro atoms. The lowest BCUT2D eigenvalue weighted by molar-refractivity contribution is -0.188. The summed E-state index contributed by atoms with van der Waals surface area (Å²) in [5, 5.41) is 7.62. The summed E-state index contributed by atoms with van der Waals surface area (Å²) in [7, 11) is 0. The minimum atomic E-state index is -4.37. The van der Waals surface area contributed by atoms with Crippen LogP contribution in [-0.2, 0) is 4.74 Å². The zero-order valence-electron chi connectivity index (χ0n) is 13.3. The summed E-state index contributed by atoms with van der Waals surface area (Å²) in [6.07, 6.45) is -0.755. The van der Waals surface area contributed by atoms with Crippen LogP contribution in [0, 0.1) is 0 Å². The van der Waals surface area contributed by atoms with Gasteiger partial charge in [0.2, 0.25) is 0 Å². The number of hydrogen-bond acceptors (Lipinski definition) is 4. The quantitative estimate of drug-likeness (QED) is 0.846. The van der Waals surface area contributed by atoms with Crippen molar-refractivity contribution in [3.05, 3.63) is 42.2 Å². The largest absolute Gasteiger partial charge is 0.411 e. The van der Waals surface area contributed by atoms with Crippen molar-refractivity contribution in [2.75, 3.05) is 19.7 Å². The number of likely N-dealkylation sites (tertiary alicyclic amines) is 1. The first-order valence-electron chi connectivity index (χ1n) is 7.87. The number of piperidine rings is 1. The normalized spacial score (nSPS) is 18.4. The fourth-order valence-corrected chi connectivity index (χ4v) is 2.83. The molecule has 1 fully saturated rings. The third-order valence-corrected chi connectivity index (χ3v) is 3.95. The predicted octanol–water partition coefficient (Wildman–Crippen LogP) is 2.45. The standard InChI is InChI=1S/C16H17F3N4O2/c17-16(18,19)11-25-12-4-3-8-22(10-12)15(24)13-5-1-2-6-14(13)23-9-7-20-21-23/h1-2,5-7,9,12H,3-4,8,10-11H2. The van der Waals surface area contributed by atoms with E-state index in [1.165, 1.54) is 15.8 Å². The third-order valence-electron chi connectivity index (χ3n) is 3.95. The second-order valence-electron chi connectivity index (χ2n) is 5.81. The fraction of sp³-hybridized carbons (Fsp3) is 0.438. The molecule has 9 heteroatoms. The molecule has 0 aliphatic carbocycles. The van der Waals surface area contributed by atoms with Crippen molar-refractivity contribution in [1.82, 2.24) is 19.9 Å². The summed E-state index contributed by atoms with van der Waals surface area (Å²) in [6, 6.07) is 6.91. The molecule has 1 aliphatic heterocycles. The molecule has 0 saturated carbocycles. The highest BCUT2D eigenvalue weighted by Gasteiger charge is 2.32. The molecule has 3 rings (SSSR count). The molecule has 134 valence electrons. The van der Waals surface area contributed by atoms with E-state index in [1.807, 2.05) is 0 Å². The van der Waals surface area contributed by atoms with Crippen LogP contribution in [-0.4, -0.2) is 57.8 Å². The molecule has 2 heterocycles. The number of hydrogen-bond donors (Lipinski definition) is 0. The van der Waals surface area contributed by atoms with E-state index in [0.717, 1.165) is 0 Å². The van der Waals surface area contributed by atoms with Crippen LogP contribution in [0.2, 0.25) is 0 Å². The number of ether oxygens (including phenoxy) is 1. The van der Waals surface area contributed by atoms with E-state index in [9.17, 15) is 18.0 Å². The second-order valence-corrected chi connectivity index (χ2v) is 5.81. The minimum absolute atomic E-state index is 0.139. The van der Waals surface area contributed by atoms with Gasteiger partial charge in [-0.3, -0.25) is 4.79 Å². The lowest BCUT2D eigenvalue weighted by atomic mass is 10.1. The Morgan fingerprint density at radius 3 is 2.84 bits per heavy atom. The molecule has 1 unspecified atom stereocenters. The first kappa shape index (κ1) is 17.4. The SMILES string of the molecule is O=C(c1ccccc1-n1ccnn1)N1CCCC(OCC(F)(F)F)C1. The van der Waals surface area contributed by atoms with E-state index in [0.29, 0.717) is 30.6 Å². The van der Waals surface area contributed by atoms with E-state index in [-0.39, 0.29) is 12.5 Å². The highest BCUT2D eigenvalue weighted by molar-refractivity contribution is 5.97. The number of alkyl halides is 3. The number of amides is 1. The third kappa shape index (κ3) is 4.36. The molecule has 0 bridgehead atoms. The summed E-state index contributed by atoms with van der Waals surface area (Å²) in [5.74, 6) is -0.258. The van der Waals surface area contributed by atoms with Crippen molar-refractivity contribution in [1.29, 1.82) is 0 Å². The Kier molecular flexibility index (Phi) is 5.03. The number of para-hydroxylation sites is 1. The molecule has 6 nitrogen and oxygen atoms in total. The van der Waals surface area contributed by atoms with Gasteiger partial charge in [-0.25, -0.2) is 4.68 Å². The van der Waals surface area contributed by atoms with Gasteiger partial charge in [0.15, 0.2) is 0 Å². The van der Waals surface area contributed by atoms with Crippen LogP contribution in [0.15, 0.2) is 36.7 Å². The Bertz CT molecular complexity index is 718. The van der Waals surface area contributed by atoms with Crippen LogP contribution in [0.1, 0.15) is 23.2 Å². The van der Waals surface area contributed by atoms with Gasteiger partial charge in [0.05, 0.1) is 29.7 Å². The van der Waals surface area contributed by atoms with E-state index >= 15 is 0 Å². The van der Waals surface area contributed by atoms with Gasteiger partial charge < -0.3 is 9.64 Å². The Hall–Kier alpha value is -2.42. The Morgan fingerprint density at radius 2 is 2.12 bits per heavy atom. The summed E-state index contributed by atoms with van der Waals surface area (Å²) in [6.45, 7) is -0.674. The molecule has 25 heavy (non-hydrogen) atoms. The van der Waals surface area contributed by atoms with E-state index in [1.54, 1.807) is 30.5 Å². The van der Waals surface area contributed by atoms with Crippen LogP contribution < -0.4 is 0 Å². The number of benzene rings is 1. The molecule has 2 aromatic rings. The number of carbonyl (C=O) groups is 1. The van der Waals surface area contributed by atoms with Crippen LogP contribution >= 0.6 is 0 Å². The number of carbonyl (C=O) groups excluding carboxylic acids is 1. The lowest BCUT2D eigenvalue weighted by Crippen LogP contribution is -2.44. The lowest BCUT2D eigenvalue weighted by Gasteiger charge is -2.33. The molecular formula is C16H17F3N4O2. The van der Waals surface area contributed by atoms with Gasteiger partial charge in [0.25, 0.3) is 5.91 Å². The minimum Gasteiger partial charge on any atom is -0.367 e. The van der Waals surface area contributed by atoms with Crippen molar-refractivity contribution < 1.29 is 22.7 Å². The molecule has 1 amide bonds. The molecule has 1 aromatic carbocycles. The van der Waals surface area contributed by atoms with Crippen LogP contribution in [0.25, 0.3) is 5.69 Å². The molecule has 0 radical (unpaired) electrons. The maximum atomic E-state index is 12.8. The van der Waals surface area contributed by atoms with E-state index < -0.39 is 18.9 Å². The number of halogens is 3.